The minimum atomic E-state index is -1.44. The molecule has 0 aliphatic carbocycles. The Hall–Kier alpha value is -3.88. The van der Waals surface area contributed by atoms with E-state index in [-0.39, 0.29) is 11.3 Å². The number of hydrogen-bond acceptors (Lipinski definition) is 6. The van der Waals surface area contributed by atoms with E-state index in [1.165, 1.54) is 12.1 Å². The van der Waals surface area contributed by atoms with Crippen LogP contribution < -0.4 is 5.43 Å². The van der Waals surface area contributed by atoms with Crippen molar-refractivity contribution in [3.05, 3.63) is 75.3 Å². The number of non-ortho nitro benzene ring substituents is 1. The predicted octanol–water partition coefficient (Wildman–Crippen LogP) is 2.35. The fourth-order valence-corrected chi connectivity index (χ4v) is 2.07. The first-order chi connectivity index (χ1) is 12.8. The fourth-order valence-electron chi connectivity index (χ4n) is 2.07. The molecule has 9 heteroatoms. The average molecular weight is 369 g/mol. The quantitative estimate of drug-likeness (QED) is 0.332. The van der Waals surface area contributed by atoms with Gasteiger partial charge in [0.25, 0.3) is 11.6 Å². The van der Waals surface area contributed by atoms with Gasteiger partial charge in [0.1, 0.15) is 0 Å². The maximum atomic E-state index is 12.2. The molecule has 138 valence electrons. The summed E-state index contributed by atoms with van der Waals surface area (Å²) in [6.45, 7) is 1.85. The van der Waals surface area contributed by atoms with Crippen molar-refractivity contribution in [2.75, 3.05) is 0 Å². The number of amides is 1. The van der Waals surface area contributed by atoms with E-state index in [0.29, 0.717) is 5.56 Å². The van der Waals surface area contributed by atoms with Crippen LogP contribution in [0.2, 0.25) is 0 Å². The number of hydrogen-bond donors (Lipinski definition) is 2. The second kappa shape index (κ2) is 8.48. The maximum Gasteiger partial charge on any atom is 0.352 e. The topological polar surface area (TPSA) is 139 Å². The summed E-state index contributed by atoms with van der Waals surface area (Å²) < 4.78 is 0. The largest absolute Gasteiger partial charge is 0.477 e. The lowest BCUT2D eigenvalue weighted by Gasteiger charge is -2.04. The number of nitrogens with zero attached hydrogens (tertiary/aromatic N) is 2. The van der Waals surface area contributed by atoms with Crippen LogP contribution in [0.4, 0.5) is 5.69 Å². The van der Waals surface area contributed by atoms with Crippen LogP contribution in [0, 0.1) is 17.0 Å². The van der Waals surface area contributed by atoms with E-state index in [1.54, 1.807) is 24.3 Å². The van der Waals surface area contributed by atoms with E-state index < -0.39 is 34.7 Å². The number of benzene rings is 2. The molecule has 2 N–H and O–H groups in total. The number of nitro benzene ring substituents is 1. The number of Topliss-reactive ketones (excluding diaryl/α,β-unsaturated/α-hetero) is 1. The Morgan fingerprint density at radius 3 is 2.11 bits per heavy atom. The van der Waals surface area contributed by atoms with E-state index in [4.69, 9.17) is 0 Å². The van der Waals surface area contributed by atoms with Crippen molar-refractivity contribution in [1.29, 1.82) is 0 Å². The van der Waals surface area contributed by atoms with Gasteiger partial charge in [-0.2, -0.15) is 5.10 Å². The third-order valence-electron chi connectivity index (χ3n) is 3.58. The number of aryl methyl sites for hydroxylation is 1. The number of rotatable bonds is 7. The zero-order valence-corrected chi connectivity index (χ0v) is 14.2. The van der Waals surface area contributed by atoms with Gasteiger partial charge in [-0.15, -0.1) is 0 Å². The Labute approximate surface area is 153 Å². The number of nitrogens with one attached hydrogen (secondary N) is 1. The maximum absolute atomic E-state index is 12.2. The first kappa shape index (κ1) is 19.4. The minimum absolute atomic E-state index is 0.0546. The lowest BCUT2D eigenvalue weighted by Crippen LogP contribution is -2.25. The molecule has 0 aromatic heterocycles. The van der Waals surface area contributed by atoms with Gasteiger partial charge >= 0.3 is 5.97 Å². The number of carbonyl (C=O) groups is 3. The highest BCUT2D eigenvalue weighted by Gasteiger charge is 2.17. The second-order valence-corrected chi connectivity index (χ2v) is 5.57. The number of aliphatic carboxylic acids is 1. The molecule has 27 heavy (non-hydrogen) atoms. The zero-order chi connectivity index (χ0) is 20.0. The number of carbonyl (C=O) groups excluding carboxylic acids is 2. The summed E-state index contributed by atoms with van der Waals surface area (Å²) in [6, 6.07) is 11.3. The molecule has 0 radical (unpaired) electrons. The fraction of sp³-hybridized carbons (Fsp3) is 0.111. The number of hydrazone groups is 1. The van der Waals surface area contributed by atoms with Gasteiger partial charge in [-0.25, -0.2) is 10.2 Å². The standard InChI is InChI=1S/C18H15N3O6/c1-11-2-4-12(5-3-11)16(22)10-15(18(24)25)19-20-17(23)13-6-8-14(9-7-13)21(26)27/h2-9H,10H2,1H3,(H,20,23)(H,24,25). The van der Waals surface area contributed by atoms with Crippen molar-refractivity contribution >= 4 is 29.1 Å². The Balaban J connectivity index is 2.09. The molecular formula is C18H15N3O6. The molecule has 0 spiro atoms. The van der Waals surface area contributed by atoms with Crippen molar-refractivity contribution in [3.63, 3.8) is 0 Å². The Kier molecular flexibility index (Phi) is 6.10. The molecule has 0 atom stereocenters. The number of ketones is 1. The molecule has 9 nitrogen and oxygen atoms in total. The van der Waals surface area contributed by atoms with Gasteiger partial charge in [0.15, 0.2) is 11.5 Å². The third kappa shape index (κ3) is 5.30. The SMILES string of the molecule is Cc1ccc(C(=O)CC(=NNC(=O)c2ccc([N+](=O)[O-])cc2)C(=O)O)cc1. The summed E-state index contributed by atoms with van der Waals surface area (Å²) >= 11 is 0. The van der Waals surface area contributed by atoms with E-state index in [2.05, 4.69) is 5.10 Å². The molecule has 0 bridgehead atoms. The minimum Gasteiger partial charge on any atom is -0.477 e. The van der Waals surface area contributed by atoms with Crippen LogP contribution in [-0.2, 0) is 4.79 Å². The van der Waals surface area contributed by atoms with Crippen LogP contribution in [0.5, 0.6) is 0 Å². The van der Waals surface area contributed by atoms with Gasteiger partial charge in [-0.05, 0) is 19.1 Å². The average Bonchev–Trinajstić information content (AvgIpc) is 2.65. The summed E-state index contributed by atoms with van der Waals surface area (Å²) in [5.74, 6) is -2.66. The monoisotopic (exact) mass is 369 g/mol. The Morgan fingerprint density at radius 2 is 1.59 bits per heavy atom. The molecule has 0 saturated carbocycles. The molecular weight excluding hydrogens is 354 g/mol. The summed E-state index contributed by atoms with van der Waals surface area (Å²) in [5, 5.41) is 23.3. The zero-order valence-electron chi connectivity index (χ0n) is 14.2. The lowest BCUT2D eigenvalue weighted by molar-refractivity contribution is -0.384. The summed E-state index contributed by atoms with van der Waals surface area (Å²) in [7, 11) is 0. The number of nitro groups is 1. The van der Waals surface area contributed by atoms with Crippen LogP contribution >= 0.6 is 0 Å². The van der Waals surface area contributed by atoms with Crippen molar-refractivity contribution in [1.82, 2.24) is 5.43 Å². The molecule has 2 aromatic carbocycles. The van der Waals surface area contributed by atoms with E-state index in [1.807, 2.05) is 12.3 Å². The van der Waals surface area contributed by atoms with Crippen LogP contribution in [0.15, 0.2) is 53.6 Å². The van der Waals surface area contributed by atoms with E-state index >= 15 is 0 Å². The van der Waals surface area contributed by atoms with Crippen LogP contribution in [0.1, 0.15) is 32.7 Å². The third-order valence-corrected chi connectivity index (χ3v) is 3.58. The molecule has 2 rings (SSSR count). The first-order valence-corrected chi connectivity index (χ1v) is 7.72. The van der Waals surface area contributed by atoms with Crippen LogP contribution in [0.3, 0.4) is 0 Å². The smallest absolute Gasteiger partial charge is 0.352 e. The summed E-state index contributed by atoms with van der Waals surface area (Å²) in [5.41, 5.74) is 2.66. The second-order valence-electron chi connectivity index (χ2n) is 5.57. The summed E-state index contributed by atoms with van der Waals surface area (Å²) in [4.78, 5) is 45.4. The van der Waals surface area contributed by atoms with Crippen molar-refractivity contribution < 1.29 is 24.4 Å². The van der Waals surface area contributed by atoms with Crippen LogP contribution in [0.25, 0.3) is 0 Å². The number of carboxylic acid groups (broad SMARTS) is 1. The van der Waals surface area contributed by atoms with Gasteiger partial charge in [-0.3, -0.25) is 19.7 Å². The van der Waals surface area contributed by atoms with Crippen molar-refractivity contribution in [3.8, 4) is 0 Å². The van der Waals surface area contributed by atoms with Crippen LogP contribution in [-0.4, -0.2) is 33.4 Å². The van der Waals surface area contributed by atoms with Crippen molar-refractivity contribution in [2.24, 2.45) is 5.10 Å². The normalized spacial score (nSPS) is 10.9. The van der Waals surface area contributed by atoms with E-state index in [9.17, 15) is 29.6 Å². The molecule has 0 unspecified atom stereocenters. The Bertz CT molecular complexity index is 917. The summed E-state index contributed by atoms with van der Waals surface area (Å²) in [6.07, 6.45) is -0.501. The molecule has 0 fully saturated rings. The molecule has 0 aliphatic heterocycles. The van der Waals surface area contributed by atoms with Gasteiger partial charge in [0, 0.05) is 23.3 Å². The molecule has 1 amide bonds. The molecule has 2 aromatic rings. The highest BCUT2D eigenvalue weighted by molar-refractivity contribution is 6.40. The highest BCUT2D eigenvalue weighted by Crippen LogP contribution is 2.12. The predicted molar refractivity (Wildman–Crippen MR) is 95.8 cm³/mol. The Morgan fingerprint density at radius 1 is 1.04 bits per heavy atom. The molecule has 0 aliphatic rings. The van der Waals surface area contributed by atoms with Crippen molar-refractivity contribution in [2.45, 2.75) is 13.3 Å². The van der Waals surface area contributed by atoms with Gasteiger partial charge in [-0.1, -0.05) is 29.8 Å². The van der Waals surface area contributed by atoms with Gasteiger partial charge < -0.3 is 5.11 Å². The van der Waals surface area contributed by atoms with Gasteiger partial charge in [0.05, 0.1) is 11.3 Å². The van der Waals surface area contributed by atoms with Gasteiger partial charge in [0.2, 0.25) is 0 Å². The molecule has 0 saturated heterocycles. The first-order valence-electron chi connectivity index (χ1n) is 7.72. The lowest BCUT2D eigenvalue weighted by atomic mass is 10.0. The highest BCUT2D eigenvalue weighted by atomic mass is 16.6. The van der Waals surface area contributed by atoms with E-state index in [0.717, 1.165) is 17.7 Å². The molecule has 0 heterocycles. The number of carboxylic acids is 1.